The Morgan fingerprint density at radius 1 is 1.25 bits per heavy atom. The Hall–Kier alpha value is -1.98. The predicted molar refractivity (Wildman–Crippen MR) is 79.0 cm³/mol. The lowest BCUT2D eigenvalue weighted by molar-refractivity contribution is 0.102. The number of hydrogen-bond donors (Lipinski definition) is 1. The van der Waals surface area contributed by atoms with Crippen LogP contribution in [-0.2, 0) is 0 Å². The quantitative estimate of drug-likeness (QED) is 0.765. The second-order valence-corrected chi connectivity index (χ2v) is 5.56. The van der Waals surface area contributed by atoms with E-state index in [0.29, 0.717) is 25.9 Å². The van der Waals surface area contributed by atoms with Crippen LogP contribution in [0.5, 0.6) is 0 Å². The summed E-state index contributed by atoms with van der Waals surface area (Å²) in [6.07, 6.45) is 0. The Kier molecular flexibility index (Phi) is 3.38. The van der Waals surface area contributed by atoms with Gasteiger partial charge in [-0.25, -0.2) is 9.37 Å². The fourth-order valence-electron chi connectivity index (χ4n) is 1.75. The number of carbonyl (C=O) groups excluding carboxylic acids is 1. The molecule has 0 aliphatic heterocycles. The third-order valence-electron chi connectivity index (χ3n) is 2.66. The van der Waals surface area contributed by atoms with Gasteiger partial charge >= 0.3 is 0 Å². The van der Waals surface area contributed by atoms with Crippen LogP contribution in [0.1, 0.15) is 10.4 Å². The lowest BCUT2D eigenvalue weighted by Gasteiger charge is -2.01. The highest BCUT2D eigenvalue weighted by molar-refractivity contribution is 7.22. The van der Waals surface area contributed by atoms with Crippen LogP contribution in [0.2, 0.25) is 5.02 Å². The van der Waals surface area contributed by atoms with Crippen LogP contribution in [0.15, 0.2) is 42.5 Å². The molecule has 0 atom stereocenters. The van der Waals surface area contributed by atoms with Crippen LogP contribution in [0, 0.1) is 5.82 Å². The van der Waals surface area contributed by atoms with E-state index in [1.54, 1.807) is 30.3 Å². The highest BCUT2D eigenvalue weighted by Gasteiger charge is 2.10. The van der Waals surface area contributed by atoms with Gasteiger partial charge in [0, 0.05) is 10.6 Å². The molecule has 6 heteroatoms. The SMILES string of the molecule is O=C(Nc1nc2ccc(F)cc2s1)c1cccc(Cl)c1. The zero-order chi connectivity index (χ0) is 14.1. The summed E-state index contributed by atoms with van der Waals surface area (Å²) in [5.74, 6) is -0.624. The summed E-state index contributed by atoms with van der Waals surface area (Å²) in [6, 6.07) is 10.9. The molecule has 3 nitrogen and oxygen atoms in total. The van der Waals surface area contributed by atoms with Crippen molar-refractivity contribution in [3.63, 3.8) is 0 Å². The molecule has 1 aromatic heterocycles. The molecule has 20 heavy (non-hydrogen) atoms. The standard InChI is InChI=1S/C14H8ClFN2OS/c15-9-3-1-2-8(6-9)13(19)18-14-17-11-5-4-10(16)7-12(11)20-14/h1-7H,(H,17,18,19). The third kappa shape index (κ3) is 2.64. The number of fused-ring (bicyclic) bond motifs is 1. The van der Waals surface area contributed by atoms with Crippen molar-refractivity contribution in [2.75, 3.05) is 5.32 Å². The first kappa shape index (κ1) is 13.0. The van der Waals surface area contributed by atoms with Gasteiger partial charge < -0.3 is 0 Å². The average Bonchev–Trinajstić information content (AvgIpc) is 2.80. The Bertz CT molecular complexity index is 803. The lowest BCUT2D eigenvalue weighted by atomic mass is 10.2. The van der Waals surface area contributed by atoms with Crippen LogP contribution in [0.25, 0.3) is 10.2 Å². The zero-order valence-corrected chi connectivity index (χ0v) is 11.6. The number of carbonyl (C=O) groups is 1. The number of anilines is 1. The van der Waals surface area contributed by atoms with Gasteiger partial charge in [0.15, 0.2) is 5.13 Å². The average molecular weight is 307 g/mol. The number of amides is 1. The van der Waals surface area contributed by atoms with E-state index in [4.69, 9.17) is 11.6 Å². The van der Waals surface area contributed by atoms with E-state index in [-0.39, 0.29) is 11.7 Å². The molecule has 0 aliphatic rings. The Morgan fingerprint density at radius 2 is 2.10 bits per heavy atom. The smallest absolute Gasteiger partial charge is 0.257 e. The van der Waals surface area contributed by atoms with E-state index in [1.807, 2.05) is 0 Å². The molecule has 3 rings (SSSR count). The highest BCUT2D eigenvalue weighted by Crippen LogP contribution is 2.26. The van der Waals surface area contributed by atoms with Gasteiger partial charge in [0.05, 0.1) is 10.2 Å². The number of thiazole rings is 1. The summed E-state index contributed by atoms with van der Waals surface area (Å²) in [7, 11) is 0. The maximum atomic E-state index is 13.1. The summed E-state index contributed by atoms with van der Waals surface area (Å²) >= 11 is 7.06. The van der Waals surface area contributed by atoms with Gasteiger partial charge in [-0.2, -0.15) is 0 Å². The number of nitrogens with zero attached hydrogens (tertiary/aromatic N) is 1. The molecular weight excluding hydrogens is 299 g/mol. The summed E-state index contributed by atoms with van der Waals surface area (Å²) < 4.78 is 13.8. The van der Waals surface area contributed by atoms with E-state index in [1.165, 1.54) is 23.5 Å². The molecule has 100 valence electrons. The van der Waals surface area contributed by atoms with Gasteiger partial charge in [-0.05, 0) is 36.4 Å². The summed E-state index contributed by atoms with van der Waals surface area (Å²) in [5, 5.41) is 3.60. The minimum atomic E-state index is -0.325. The molecular formula is C14H8ClFN2OS. The molecule has 0 fully saturated rings. The molecule has 1 heterocycles. The van der Waals surface area contributed by atoms with Gasteiger partial charge in [0.2, 0.25) is 0 Å². The van der Waals surface area contributed by atoms with Crippen molar-refractivity contribution in [2.24, 2.45) is 0 Å². The van der Waals surface area contributed by atoms with E-state index < -0.39 is 0 Å². The molecule has 2 aromatic carbocycles. The van der Waals surface area contributed by atoms with Gasteiger partial charge in [0.1, 0.15) is 5.82 Å². The van der Waals surface area contributed by atoms with Gasteiger partial charge in [-0.1, -0.05) is 29.0 Å². The number of nitrogens with one attached hydrogen (secondary N) is 1. The number of rotatable bonds is 2. The summed E-state index contributed by atoms with van der Waals surface area (Å²) in [4.78, 5) is 16.3. The van der Waals surface area contributed by atoms with Crippen molar-refractivity contribution in [3.05, 3.63) is 58.9 Å². The van der Waals surface area contributed by atoms with Crippen molar-refractivity contribution in [1.82, 2.24) is 4.98 Å². The monoisotopic (exact) mass is 306 g/mol. The molecule has 1 amide bonds. The third-order valence-corrected chi connectivity index (χ3v) is 3.83. The normalized spacial score (nSPS) is 10.7. The molecule has 0 spiro atoms. The fraction of sp³-hybridized carbons (Fsp3) is 0. The van der Waals surface area contributed by atoms with Crippen LogP contribution in [0.4, 0.5) is 9.52 Å². The number of aromatic nitrogens is 1. The molecule has 0 saturated heterocycles. The molecule has 0 saturated carbocycles. The van der Waals surface area contributed by atoms with E-state index >= 15 is 0 Å². The van der Waals surface area contributed by atoms with Crippen molar-refractivity contribution < 1.29 is 9.18 Å². The Labute approximate surface area is 123 Å². The zero-order valence-electron chi connectivity index (χ0n) is 10.1. The van der Waals surface area contributed by atoms with Crippen LogP contribution in [-0.4, -0.2) is 10.9 Å². The number of hydrogen-bond acceptors (Lipinski definition) is 3. The fourth-order valence-corrected chi connectivity index (χ4v) is 2.83. The maximum absolute atomic E-state index is 13.1. The van der Waals surface area contributed by atoms with Gasteiger partial charge in [-0.15, -0.1) is 0 Å². The van der Waals surface area contributed by atoms with Crippen molar-refractivity contribution in [3.8, 4) is 0 Å². The Morgan fingerprint density at radius 3 is 2.90 bits per heavy atom. The Balaban J connectivity index is 1.87. The lowest BCUT2D eigenvalue weighted by Crippen LogP contribution is -2.11. The summed E-state index contributed by atoms with van der Waals surface area (Å²) in [5.41, 5.74) is 1.10. The second-order valence-electron chi connectivity index (χ2n) is 4.10. The molecule has 0 radical (unpaired) electrons. The first-order valence-corrected chi connectivity index (χ1v) is 6.94. The molecule has 1 N–H and O–H groups in total. The van der Waals surface area contributed by atoms with Crippen LogP contribution in [0.3, 0.4) is 0 Å². The van der Waals surface area contributed by atoms with E-state index in [9.17, 15) is 9.18 Å². The number of halogens is 2. The summed E-state index contributed by atoms with van der Waals surface area (Å²) in [6.45, 7) is 0. The first-order chi connectivity index (χ1) is 9.61. The topological polar surface area (TPSA) is 42.0 Å². The van der Waals surface area contributed by atoms with Crippen LogP contribution >= 0.6 is 22.9 Å². The van der Waals surface area contributed by atoms with Gasteiger partial charge in [-0.3, -0.25) is 10.1 Å². The molecule has 0 aliphatic carbocycles. The first-order valence-electron chi connectivity index (χ1n) is 5.75. The highest BCUT2D eigenvalue weighted by atomic mass is 35.5. The van der Waals surface area contributed by atoms with Gasteiger partial charge in [0.25, 0.3) is 5.91 Å². The second kappa shape index (κ2) is 5.19. The molecule has 0 unspecified atom stereocenters. The largest absolute Gasteiger partial charge is 0.298 e. The van der Waals surface area contributed by atoms with Crippen molar-refractivity contribution in [1.29, 1.82) is 0 Å². The minimum absolute atomic E-state index is 0.299. The maximum Gasteiger partial charge on any atom is 0.257 e. The number of benzene rings is 2. The van der Waals surface area contributed by atoms with Crippen LogP contribution < -0.4 is 5.32 Å². The van der Waals surface area contributed by atoms with E-state index in [2.05, 4.69) is 10.3 Å². The predicted octanol–water partition coefficient (Wildman–Crippen LogP) is 4.34. The van der Waals surface area contributed by atoms with Crippen molar-refractivity contribution in [2.45, 2.75) is 0 Å². The minimum Gasteiger partial charge on any atom is -0.298 e. The van der Waals surface area contributed by atoms with Crippen molar-refractivity contribution >= 4 is 44.2 Å². The van der Waals surface area contributed by atoms with E-state index in [0.717, 1.165) is 0 Å². The molecule has 3 aromatic rings. The molecule has 0 bridgehead atoms.